The lowest BCUT2D eigenvalue weighted by Gasteiger charge is -2.09. The van der Waals surface area contributed by atoms with Crippen LogP contribution in [0.3, 0.4) is 0 Å². The maximum absolute atomic E-state index is 11.3. The van der Waals surface area contributed by atoms with E-state index in [1.54, 1.807) is 30.9 Å². The lowest BCUT2D eigenvalue weighted by Crippen LogP contribution is -2.18. The zero-order chi connectivity index (χ0) is 12.0. The van der Waals surface area contributed by atoms with Gasteiger partial charge in [-0.1, -0.05) is 0 Å². The summed E-state index contributed by atoms with van der Waals surface area (Å²) in [5.74, 6) is 0.902. The van der Waals surface area contributed by atoms with Gasteiger partial charge in [-0.2, -0.15) is 11.8 Å². The topological polar surface area (TPSA) is 67.2 Å². The van der Waals surface area contributed by atoms with Crippen LogP contribution in [0.5, 0.6) is 0 Å². The Morgan fingerprint density at radius 2 is 2.25 bits per heavy atom. The maximum Gasteiger partial charge on any atom is 0.251 e. The van der Waals surface area contributed by atoms with Gasteiger partial charge in [0.1, 0.15) is 0 Å². The summed E-state index contributed by atoms with van der Waals surface area (Å²) in [6.45, 7) is 0.866. The van der Waals surface area contributed by atoms with Crippen LogP contribution in [-0.2, 0) is 0 Å². The second-order valence-corrected chi connectivity index (χ2v) is 4.29. The molecule has 1 aromatic carbocycles. The van der Waals surface area contributed by atoms with Crippen LogP contribution in [0, 0.1) is 0 Å². The Balaban J connectivity index is 2.71. The first-order chi connectivity index (χ1) is 7.69. The highest BCUT2D eigenvalue weighted by molar-refractivity contribution is 7.98. The highest BCUT2D eigenvalue weighted by Gasteiger charge is 2.05. The fraction of sp³-hybridized carbons (Fsp3) is 0.364. The van der Waals surface area contributed by atoms with Crippen molar-refractivity contribution in [3.05, 3.63) is 23.8 Å². The molecule has 16 heavy (non-hydrogen) atoms. The minimum absolute atomic E-state index is 0.123. The highest BCUT2D eigenvalue weighted by atomic mass is 32.2. The summed E-state index contributed by atoms with van der Waals surface area (Å²) >= 11 is 1.77. The number of thioether (sulfide) groups is 1. The van der Waals surface area contributed by atoms with Crippen molar-refractivity contribution in [1.82, 2.24) is 5.32 Å². The third-order valence-electron chi connectivity index (χ3n) is 2.16. The zero-order valence-electron chi connectivity index (χ0n) is 9.54. The number of carbonyl (C=O) groups is 1. The number of nitrogen functional groups attached to an aromatic ring is 1. The molecule has 0 fully saturated rings. The number of carbonyl (C=O) groups excluding carboxylic acids is 1. The molecule has 0 radical (unpaired) electrons. The number of amides is 1. The standard InChI is InChI=1S/C11H17N3OS/c1-13-11(15)8-3-4-10(9(12)7-8)14-5-6-16-2/h3-4,7,14H,5-6,12H2,1-2H3,(H,13,15). The molecule has 0 spiro atoms. The van der Waals surface area contributed by atoms with Crippen molar-refractivity contribution >= 4 is 29.0 Å². The van der Waals surface area contributed by atoms with E-state index in [9.17, 15) is 4.79 Å². The first-order valence-electron chi connectivity index (χ1n) is 5.03. The van der Waals surface area contributed by atoms with Gasteiger partial charge in [-0.15, -0.1) is 0 Å². The van der Waals surface area contributed by atoms with E-state index in [0.717, 1.165) is 18.0 Å². The number of hydrogen-bond donors (Lipinski definition) is 3. The molecule has 0 aliphatic carbocycles. The molecule has 1 rings (SSSR count). The molecular weight excluding hydrogens is 222 g/mol. The molecule has 0 atom stereocenters. The molecule has 4 nitrogen and oxygen atoms in total. The summed E-state index contributed by atoms with van der Waals surface area (Å²) in [6, 6.07) is 5.27. The Labute approximate surface area is 100.0 Å². The zero-order valence-corrected chi connectivity index (χ0v) is 10.4. The molecule has 88 valence electrons. The number of nitrogens with two attached hydrogens (primary N) is 1. The van der Waals surface area contributed by atoms with Crippen molar-refractivity contribution in [2.24, 2.45) is 0 Å². The van der Waals surface area contributed by atoms with Crippen LogP contribution in [0.25, 0.3) is 0 Å². The van der Waals surface area contributed by atoms with Gasteiger partial charge in [0, 0.05) is 24.9 Å². The third-order valence-corrected chi connectivity index (χ3v) is 2.77. The predicted octanol–water partition coefficient (Wildman–Crippen LogP) is 1.40. The number of hydrogen-bond acceptors (Lipinski definition) is 4. The minimum atomic E-state index is -0.123. The average Bonchev–Trinajstić information content (AvgIpc) is 2.30. The summed E-state index contributed by atoms with van der Waals surface area (Å²) in [6.07, 6.45) is 2.06. The van der Waals surface area contributed by atoms with Gasteiger partial charge in [0.25, 0.3) is 5.91 Å². The van der Waals surface area contributed by atoms with Crippen molar-refractivity contribution in [3.63, 3.8) is 0 Å². The quantitative estimate of drug-likeness (QED) is 0.537. The molecule has 0 aliphatic rings. The van der Waals surface area contributed by atoms with E-state index in [1.807, 2.05) is 6.07 Å². The van der Waals surface area contributed by atoms with Crippen LogP contribution in [0.1, 0.15) is 10.4 Å². The first-order valence-corrected chi connectivity index (χ1v) is 6.43. The Hall–Kier alpha value is -1.36. The van der Waals surface area contributed by atoms with E-state index < -0.39 is 0 Å². The van der Waals surface area contributed by atoms with Crippen molar-refractivity contribution in [3.8, 4) is 0 Å². The Kier molecular flexibility index (Phi) is 4.98. The Bertz CT molecular complexity index is 368. The smallest absolute Gasteiger partial charge is 0.251 e. The second kappa shape index (κ2) is 6.27. The van der Waals surface area contributed by atoms with E-state index in [1.165, 1.54) is 0 Å². The van der Waals surface area contributed by atoms with Crippen LogP contribution in [0.15, 0.2) is 18.2 Å². The van der Waals surface area contributed by atoms with Crippen LogP contribution in [0.4, 0.5) is 11.4 Å². The summed E-state index contributed by atoms with van der Waals surface area (Å²) < 4.78 is 0. The Morgan fingerprint density at radius 3 is 2.81 bits per heavy atom. The first kappa shape index (κ1) is 12.7. The second-order valence-electron chi connectivity index (χ2n) is 3.30. The van der Waals surface area contributed by atoms with E-state index in [0.29, 0.717) is 11.3 Å². The lowest BCUT2D eigenvalue weighted by atomic mass is 10.1. The number of benzene rings is 1. The van der Waals surface area contributed by atoms with E-state index >= 15 is 0 Å². The van der Waals surface area contributed by atoms with E-state index in [2.05, 4.69) is 16.9 Å². The average molecular weight is 239 g/mol. The molecule has 0 aromatic heterocycles. The fourth-order valence-electron chi connectivity index (χ4n) is 1.30. The highest BCUT2D eigenvalue weighted by Crippen LogP contribution is 2.19. The molecule has 0 heterocycles. The summed E-state index contributed by atoms with van der Waals surface area (Å²) in [5.41, 5.74) is 7.90. The van der Waals surface area contributed by atoms with E-state index in [-0.39, 0.29) is 5.91 Å². The van der Waals surface area contributed by atoms with Crippen LogP contribution in [-0.4, -0.2) is 31.5 Å². The van der Waals surface area contributed by atoms with Gasteiger partial charge in [0.05, 0.1) is 11.4 Å². The molecule has 0 unspecified atom stereocenters. The molecule has 0 bridgehead atoms. The van der Waals surface area contributed by atoms with Gasteiger partial charge in [0.2, 0.25) is 0 Å². The number of anilines is 2. The molecule has 0 aliphatic heterocycles. The molecule has 5 heteroatoms. The molecular formula is C11H17N3OS. The van der Waals surface area contributed by atoms with Crippen LogP contribution >= 0.6 is 11.8 Å². The molecule has 0 saturated heterocycles. The lowest BCUT2D eigenvalue weighted by molar-refractivity contribution is 0.0963. The van der Waals surface area contributed by atoms with Crippen LogP contribution < -0.4 is 16.4 Å². The molecule has 0 saturated carbocycles. The summed E-state index contributed by atoms with van der Waals surface area (Å²) in [7, 11) is 1.60. The van der Waals surface area contributed by atoms with Crippen molar-refractivity contribution in [2.45, 2.75) is 0 Å². The van der Waals surface area contributed by atoms with Gasteiger partial charge in [-0.25, -0.2) is 0 Å². The van der Waals surface area contributed by atoms with Crippen molar-refractivity contribution in [1.29, 1.82) is 0 Å². The van der Waals surface area contributed by atoms with Gasteiger partial charge < -0.3 is 16.4 Å². The maximum atomic E-state index is 11.3. The molecule has 1 aromatic rings. The molecule has 1 amide bonds. The van der Waals surface area contributed by atoms with Crippen molar-refractivity contribution < 1.29 is 4.79 Å². The fourth-order valence-corrected chi connectivity index (χ4v) is 1.60. The Morgan fingerprint density at radius 1 is 1.50 bits per heavy atom. The number of nitrogens with one attached hydrogen (secondary N) is 2. The monoisotopic (exact) mass is 239 g/mol. The summed E-state index contributed by atoms with van der Waals surface area (Å²) in [4.78, 5) is 11.3. The van der Waals surface area contributed by atoms with Gasteiger partial charge in [-0.05, 0) is 24.5 Å². The molecule has 4 N–H and O–H groups in total. The van der Waals surface area contributed by atoms with Gasteiger partial charge >= 0.3 is 0 Å². The minimum Gasteiger partial charge on any atom is -0.397 e. The van der Waals surface area contributed by atoms with Crippen LogP contribution in [0.2, 0.25) is 0 Å². The van der Waals surface area contributed by atoms with Gasteiger partial charge in [-0.3, -0.25) is 4.79 Å². The normalized spacial score (nSPS) is 9.88. The van der Waals surface area contributed by atoms with Gasteiger partial charge in [0.15, 0.2) is 0 Å². The predicted molar refractivity (Wildman–Crippen MR) is 71.1 cm³/mol. The summed E-state index contributed by atoms with van der Waals surface area (Å²) in [5, 5.41) is 5.78. The number of rotatable bonds is 5. The van der Waals surface area contributed by atoms with Crippen molar-refractivity contribution in [2.75, 3.05) is 36.7 Å². The largest absolute Gasteiger partial charge is 0.397 e. The van der Waals surface area contributed by atoms with E-state index in [4.69, 9.17) is 5.73 Å². The SMILES string of the molecule is CNC(=O)c1ccc(NCCSC)c(N)c1. The third kappa shape index (κ3) is 3.34.